The van der Waals surface area contributed by atoms with Gasteiger partial charge in [-0.15, -0.1) is 0 Å². The molecular formula is C20H27ClN2O4. The van der Waals surface area contributed by atoms with Gasteiger partial charge in [0.15, 0.2) is 11.5 Å². The smallest absolute Gasteiger partial charge is 0.311 e. The highest BCUT2D eigenvalue weighted by atomic mass is 35.5. The van der Waals surface area contributed by atoms with Crippen LogP contribution in [0.1, 0.15) is 39.9 Å². The molecule has 1 aromatic carbocycles. The Balaban J connectivity index is 2.26. The van der Waals surface area contributed by atoms with Gasteiger partial charge in [0.2, 0.25) is 0 Å². The Hall–Kier alpha value is -2.08. The minimum atomic E-state index is -0.604. The number of aryl methyl sites for hydroxylation is 1. The Morgan fingerprint density at radius 1 is 1.11 bits per heavy atom. The summed E-state index contributed by atoms with van der Waals surface area (Å²) in [6.45, 7) is 10.0. The maximum Gasteiger partial charge on any atom is 0.311 e. The molecule has 0 spiro atoms. The summed E-state index contributed by atoms with van der Waals surface area (Å²) in [4.78, 5) is 20.6. The lowest BCUT2D eigenvalue weighted by molar-refractivity contribution is -0.152. The molecule has 0 N–H and O–H groups in total. The van der Waals surface area contributed by atoms with Gasteiger partial charge < -0.3 is 14.2 Å². The van der Waals surface area contributed by atoms with E-state index >= 15 is 0 Å². The topological polar surface area (TPSA) is 70.5 Å². The number of benzene rings is 1. The molecule has 6 nitrogen and oxygen atoms in total. The van der Waals surface area contributed by atoms with Gasteiger partial charge in [-0.25, -0.2) is 9.97 Å². The van der Waals surface area contributed by atoms with E-state index in [9.17, 15) is 4.79 Å². The molecule has 0 bridgehead atoms. The second kappa shape index (κ2) is 7.89. The summed E-state index contributed by atoms with van der Waals surface area (Å²) in [6, 6.07) is 3.58. The van der Waals surface area contributed by atoms with Crippen LogP contribution in [0.4, 0.5) is 0 Å². The lowest BCUT2D eigenvalue weighted by atomic mass is 9.75. The van der Waals surface area contributed by atoms with Gasteiger partial charge in [0, 0.05) is 11.5 Å². The first-order chi connectivity index (χ1) is 12.5. The van der Waals surface area contributed by atoms with Crippen molar-refractivity contribution in [1.82, 2.24) is 9.97 Å². The fourth-order valence-electron chi connectivity index (χ4n) is 3.35. The summed E-state index contributed by atoms with van der Waals surface area (Å²) in [7, 11) is 2.98. The van der Waals surface area contributed by atoms with Crippen molar-refractivity contribution in [1.29, 1.82) is 0 Å². The number of carbonyl (C=O) groups is 1. The van der Waals surface area contributed by atoms with Crippen LogP contribution in [0.2, 0.25) is 5.15 Å². The first-order valence-electron chi connectivity index (χ1n) is 8.72. The first kappa shape index (κ1) is 21.2. The Morgan fingerprint density at radius 3 is 2.37 bits per heavy atom. The van der Waals surface area contributed by atoms with Crippen molar-refractivity contribution < 1.29 is 19.0 Å². The summed E-state index contributed by atoms with van der Waals surface area (Å²) in [6.07, 6.45) is 0.607. The first-order valence-corrected chi connectivity index (χ1v) is 9.10. The van der Waals surface area contributed by atoms with E-state index in [1.165, 1.54) is 7.11 Å². The molecule has 0 saturated carbocycles. The normalized spacial score (nSPS) is 12.1. The number of ether oxygens (including phenoxy) is 3. The van der Waals surface area contributed by atoms with E-state index in [0.29, 0.717) is 46.4 Å². The van der Waals surface area contributed by atoms with Crippen LogP contribution < -0.4 is 9.47 Å². The number of hydrogen-bond acceptors (Lipinski definition) is 6. The fraction of sp³-hybridized carbons (Fsp3) is 0.550. The maximum atomic E-state index is 12.0. The van der Waals surface area contributed by atoms with Crippen LogP contribution in [0, 0.1) is 17.8 Å². The van der Waals surface area contributed by atoms with Crippen LogP contribution >= 0.6 is 11.6 Å². The Morgan fingerprint density at radius 2 is 1.78 bits per heavy atom. The molecule has 0 unspecified atom stereocenters. The van der Waals surface area contributed by atoms with Gasteiger partial charge in [-0.05, 0) is 38.7 Å². The molecular weight excluding hydrogens is 368 g/mol. The van der Waals surface area contributed by atoms with Crippen LogP contribution in [0.3, 0.4) is 0 Å². The molecule has 0 aliphatic carbocycles. The van der Waals surface area contributed by atoms with Gasteiger partial charge in [0.05, 0.1) is 31.8 Å². The van der Waals surface area contributed by atoms with Crippen molar-refractivity contribution in [2.24, 2.45) is 10.8 Å². The molecule has 0 radical (unpaired) electrons. The van der Waals surface area contributed by atoms with E-state index in [1.807, 2.05) is 27.7 Å². The van der Waals surface area contributed by atoms with Gasteiger partial charge >= 0.3 is 5.97 Å². The number of nitrogens with zero attached hydrogens (tertiary/aromatic N) is 2. The van der Waals surface area contributed by atoms with Crippen molar-refractivity contribution in [3.8, 4) is 11.5 Å². The Bertz CT molecular complexity index is 849. The zero-order valence-electron chi connectivity index (χ0n) is 17.0. The number of aromatic nitrogens is 2. The molecule has 0 amide bonds. The average molecular weight is 395 g/mol. The van der Waals surface area contributed by atoms with Crippen LogP contribution in [0.25, 0.3) is 10.9 Å². The number of esters is 1. The average Bonchev–Trinajstić information content (AvgIpc) is 2.57. The SMILES string of the molecule is COC(=O)C(C)(C)CC(C)(C)COc1cc2nc(C)nc(Cl)c2cc1OC. The lowest BCUT2D eigenvalue weighted by Crippen LogP contribution is -2.34. The van der Waals surface area contributed by atoms with Crippen molar-refractivity contribution in [3.63, 3.8) is 0 Å². The Labute approximate surface area is 165 Å². The molecule has 0 fully saturated rings. The van der Waals surface area contributed by atoms with Crippen molar-refractivity contribution in [2.45, 2.75) is 41.0 Å². The predicted octanol–water partition coefficient (Wildman–Crippen LogP) is 4.59. The second-order valence-electron chi connectivity index (χ2n) is 8.09. The molecule has 27 heavy (non-hydrogen) atoms. The van der Waals surface area contributed by atoms with Crippen molar-refractivity contribution in [2.75, 3.05) is 20.8 Å². The van der Waals surface area contributed by atoms with E-state index in [0.717, 1.165) is 0 Å². The minimum Gasteiger partial charge on any atom is -0.493 e. The highest BCUT2D eigenvalue weighted by Gasteiger charge is 2.36. The second-order valence-corrected chi connectivity index (χ2v) is 8.44. The number of carbonyl (C=O) groups excluding carboxylic acids is 1. The number of halogens is 1. The van der Waals surface area contributed by atoms with E-state index in [-0.39, 0.29) is 11.4 Å². The third-order valence-electron chi connectivity index (χ3n) is 4.32. The third kappa shape index (κ3) is 5.01. The molecule has 0 aliphatic heterocycles. The zero-order chi connectivity index (χ0) is 20.4. The van der Waals surface area contributed by atoms with Crippen LogP contribution in [0.15, 0.2) is 12.1 Å². The number of hydrogen-bond donors (Lipinski definition) is 0. The monoisotopic (exact) mass is 394 g/mol. The fourth-order valence-corrected chi connectivity index (χ4v) is 3.62. The highest BCUT2D eigenvalue weighted by molar-refractivity contribution is 6.34. The quantitative estimate of drug-likeness (QED) is 0.505. The van der Waals surface area contributed by atoms with Gasteiger partial charge in [0.1, 0.15) is 11.0 Å². The van der Waals surface area contributed by atoms with E-state index < -0.39 is 5.41 Å². The summed E-state index contributed by atoms with van der Waals surface area (Å²) in [5.74, 6) is 1.48. The standard InChI is InChI=1S/C20H27ClN2O4/c1-12-22-14-9-16(15(25-6)8-13(14)17(21)23-12)27-11-19(2,3)10-20(4,5)18(24)26-7/h8-9H,10-11H2,1-7H3. The van der Waals surface area contributed by atoms with Crippen LogP contribution in [-0.4, -0.2) is 36.8 Å². The summed E-state index contributed by atoms with van der Waals surface area (Å²) >= 11 is 6.22. The van der Waals surface area contributed by atoms with Gasteiger partial charge in [-0.2, -0.15) is 0 Å². The summed E-state index contributed by atoms with van der Waals surface area (Å²) in [5, 5.41) is 1.08. The van der Waals surface area contributed by atoms with Gasteiger partial charge in [0.25, 0.3) is 0 Å². The molecule has 1 aromatic heterocycles. The van der Waals surface area contributed by atoms with Crippen LogP contribution in [0.5, 0.6) is 11.5 Å². The van der Waals surface area contributed by atoms with Gasteiger partial charge in [-0.1, -0.05) is 25.4 Å². The molecule has 7 heteroatoms. The summed E-state index contributed by atoms with van der Waals surface area (Å²) < 4.78 is 16.4. The van der Waals surface area contributed by atoms with Crippen LogP contribution in [-0.2, 0) is 9.53 Å². The number of methoxy groups -OCH3 is 2. The number of rotatable bonds is 7. The van der Waals surface area contributed by atoms with E-state index in [2.05, 4.69) is 9.97 Å². The third-order valence-corrected chi connectivity index (χ3v) is 4.61. The molecule has 0 atom stereocenters. The molecule has 2 rings (SSSR count). The van der Waals surface area contributed by atoms with Gasteiger partial charge in [-0.3, -0.25) is 4.79 Å². The molecule has 0 aliphatic rings. The molecule has 2 aromatic rings. The number of fused-ring (bicyclic) bond motifs is 1. The van der Waals surface area contributed by atoms with E-state index in [4.69, 9.17) is 25.8 Å². The van der Waals surface area contributed by atoms with Crippen molar-refractivity contribution in [3.05, 3.63) is 23.1 Å². The molecule has 1 heterocycles. The predicted molar refractivity (Wildman–Crippen MR) is 106 cm³/mol. The lowest BCUT2D eigenvalue weighted by Gasteiger charge is -2.33. The largest absolute Gasteiger partial charge is 0.493 e. The molecule has 148 valence electrons. The highest BCUT2D eigenvalue weighted by Crippen LogP contribution is 2.38. The Kier molecular flexibility index (Phi) is 6.20. The molecule has 0 saturated heterocycles. The summed E-state index contributed by atoms with van der Waals surface area (Å²) in [5.41, 5.74) is -0.180. The van der Waals surface area contributed by atoms with Crippen molar-refractivity contribution >= 4 is 28.5 Å². The maximum absolute atomic E-state index is 12.0. The zero-order valence-corrected chi connectivity index (χ0v) is 17.7. The minimum absolute atomic E-state index is 0.235. The van der Waals surface area contributed by atoms with E-state index in [1.54, 1.807) is 26.2 Å².